The first-order valence-corrected chi connectivity index (χ1v) is 10.3. The van der Waals surface area contributed by atoms with E-state index >= 15 is 0 Å². The Labute approximate surface area is 181 Å². The van der Waals surface area contributed by atoms with Crippen LogP contribution in [-0.2, 0) is 23.0 Å². The standard InChI is InChI=1S/C17H23FN4O2S2.HI/c1-19-17(20-10-9-13-5-4-6-14(18)11-13)21-12-15-7-8-16(25-15)26(23,24)22(2)3;/h4-8,11H,9-10,12H2,1-3H3,(H2,19,20,21);1H. The molecule has 27 heavy (non-hydrogen) atoms. The molecule has 0 aliphatic heterocycles. The summed E-state index contributed by atoms with van der Waals surface area (Å²) in [4.78, 5) is 5.02. The summed E-state index contributed by atoms with van der Waals surface area (Å²) in [6, 6.07) is 9.89. The molecule has 0 unspecified atom stereocenters. The Balaban J connectivity index is 0.00000364. The van der Waals surface area contributed by atoms with Crippen molar-refractivity contribution in [3.63, 3.8) is 0 Å². The Kier molecular flexibility index (Phi) is 9.63. The second kappa shape index (κ2) is 10.9. The van der Waals surface area contributed by atoms with Crippen molar-refractivity contribution in [2.24, 2.45) is 4.99 Å². The topological polar surface area (TPSA) is 73.8 Å². The molecular weight excluding hydrogens is 502 g/mol. The van der Waals surface area contributed by atoms with Gasteiger partial charge in [-0.2, -0.15) is 0 Å². The summed E-state index contributed by atoms with van der Waals surface area (Å²) in [5, 5.41) is 6.30. The predicted molar refractivity (Wildman–Crippen MR) is 119 cm³/mol. The van der Waals surface area contributed by atoms with Gasteiger partial charge in [-0.1, -0.05) is 12.1 Å². The van der Waals surface area contributed by atoms with Crippen molar-refractivity contribution in [3.8, 4) is 0 Å². The zero-order valence-electron chi connectivity index (χ0n) is 15.4. The Morgan fingerprint density at radius 3 is 2.59 bits per heavy atom. The molecule has 1 heterocycles. The number of rotatable bonds is 7. The Morgan fingerprint density at radius 1 is 1.22 bits per heavy atom. The van der Waals surface area contributed by atoms with Crippen molar-refractivity contribution in [2.75, 3.05) is 27.7 Å². The molecule has 0 aliphatic rings. The monoisotopic (exact) mass is 526 g/mol. The smallest absolute Gasteiger partial charge is 0.252 e. The van der Waals surface area contributed by atoms with Crippen LogP contribution < -0.4 is 10.6 Å². The van der Waals surface area contributed by atoms with Crippen molar-refractivity contribution in [2.45, 2.75) is 17.2 Å². The van der Waals surface area contributed by atoms with E-state index in [1.165, 1.54) is 41.9 Å². The first kappa shape index (κ1) is 23.8. The number of thiophene rings is 1. The van der Waals surface area contributed by atoms with Crippen LogP contribution in [0.5, 0.6) is 0 Å². The molecule has 150 valence electrons. The molecule has 0 bridgehead atoms. The van der Waals surface area contributed by atoms with Crippen LogP contribution in [0, 0.1) is 5.82 Å². The van der Waals surface area contributed by atoms with Crippen LogP contribution in [0.4, 0.5) is 4.39 Å². The third-order valence-electron chi connectivity index (χ3n) is 3.62. The van der Waals surface area contributed by atoms with E-state index in [-0.39, 0.29) is 29.8 Å². The summed E-state index contributed by atoms with van der Waals surface area (Å²) in [5.41, 5.74) is 0.907. The van der Waals surface area contributed by atoms with Gasteiger partial charge in [-0.15, -0.1) is 35.3 Å². The highest BCUT2D eigenvalue weighted by Gasteiger charge is 2.19. The third kappa shape index (κ3) is 7.01. The molecule has 0 spiro atoms. The maximum Gasteiger partial charge on any atom is 0.252 e. The molecule has 1 aromatic carbocycles. The summed E-state index contributed by atoms with van der Waals surface area (Å²) >= 11 is 1.23. The van der Waals surface area contributed by atoms with Gasteiger partial charge in [-0.25, -0.2) is 17.1 Å². The van der Waals surface area contributed by atoms with E-state index in [0.717, 1.165) is 10.4 Å². The molecule has 0 aliphatic carbocycles. The number of nitrogens with zero attached hydrogens (tertiary/aromatic N) is 2. The van der Waals surface area contributed by atoms with Crippen LogP contribution in [-0.4, -0.2) is 46.4 Å². The summed E-state index contributed by atoms with van der Waals surface area (Å²) in [5.74, 6) is 0.359. The quantitative estimate of drug-likeness (QED) is 0.331. The molecule has 10 heteroatoms. The number of nitrogens with one attached hydrogen (secondary N) is 2. The van der Waals surface area contributed by atoms with E-state index in [9.17, 15) is 12.8 Å². The molecule has 0 saturated carbocycles. The van der Waals surface area contributed by atoms with Gasteiger partial charge in [-0.05, 0) is 36.2 Å². The second-order valence-electron chi connectivity index (χ2n) is 5.74. The molecule has 2 N–H and O–H groups in total. The van der Waals surface area contributed by atoms with Crippen molar-refractivity contribution in [1.29, 1.82) is 0 Å². The lowest BCUT2D eigenvalue weighted by molar-refractivity contribution is 0.523. The minimum absolute atomic E-state index is 0. The predicted octanol–water partition coefficient (Wildman–Crippen LogP) is 2.66. The van der Waals surface area contributed by atoms with E-state index in [0.29, 0.717) is 29.7 Å². The van der Waals surface area contributed by atoms with E-state index in [1.807, 2.05) is 6.07 Å². The average Bonchev–Trinajstić information content (AvgIpc) is 3.07. The number of aliphatic imine (C=N–C) groups is 1. The summed E-state index contributed by atoms with van der Waals surface area (Å²) in [6.45, 7) is 1.07. The minimum Gasteiger partial charge on any atom is -0.356 e. The lowest BCUT2D eigenvalue weighted by Crippen LogP contribution is -2.37. The molecule has 1 aromatic heterocycles. The lowest BCUT2D eigenvalue weighted by atomic mass is 10.1. The maximum atomic E-state index is 13.2. The summed E-state index contributed by atoms with van der Waals surface area (Å²) in [6.07, 6.45) is 0.669. The largest absolute Gasteiger partial charge is 0.356 e. The van der Waals surface area contributed by atoms with E-state index in [2.05, 4.69) is 15.6 Å². The fourth-order valence-electron chi connectivity index (χ4n) is 2.18. The lowest BCUT2D eigenvalue weighted by Gasteiger charge is -2.11. The van der Waals surface area contributed by atoms with Gasteiger partial charge in [0, 0.05) is 32.6 Å². The van der Waals surface area contributed by atoms with Crippen LogP contribution in [0.2, 0.25) is 0 Å². The zero-order valence-corrected chi connectivity index (χ0v) is 19.4. The SMILES string of the molecule is CN=C(NCCc1cccc(F)c1)NCc1ccc(S(=O)(=O)N(C)C)s1.I. The highest BCUT2D eigenvalue weighted by atomic mass is 127. The highest BCUT2D eigenvalue weighted by molar-refractivity contribution is 14.0. The van der Waals surface area contributed by atoms with Crippen molar-refractivity contribution in [1.82, 2.24) is 14.9 Å². The van der Waals surface area contributed by atoms with Crippen LogP contribution in [0.15, 0.2) is 45.6 Å². The first-order valence-electron chi connectivity index (χ1n) is 8.03. The average molecular weight is 526 g/mol. The third-order valence-corrected chi connectivity index (χ3v) is 6.99. The molecule has 6 nitrogen and oxygen atoms in total. The number of halogens is 2. The normalized spacial score (nSPS) is 12.0. The Morgan fingerprint density at radius 2 is 1.96 bits per heavy atom. The Bertz CT molecular complexity index is 869. The van der Waals surface area contributed by atoms with E-state index < -0.39 is 10.0 Å². The fraction of sp³-hybridized carbons (Fsp3) is 0.353. The van der Waals surface area contributed by atoms with Gasteiger partial charge in [0.1, 0.15) is 10.0 Å². The number of benzene rings is 1. The maximum absolute atomic E-state index is 13.2. The highest BCUT2D eigenvalue weighted by Crippen LogP contribution is 2.23. The second-order valence-corrected chi connectivity index (χ2v) is 9.29. The van der Waals surface area contributed by atoms with Gasteiger partial charge in [0.05, 0.1) is 6.54 Å². The van der Waals surface area contributed by atoms with E-state index in [4.69, 9.17) is 0 Å². The van der Waals surface area contributed by atoms with Gasteiger partial charge in [-0.3, -0.25) is 4.99 Å². The van der Waals surface area contributed by atoms with Crippen molar-refractivity contribution < 1.29 is 12.8 Å². The van der Waals surface area contributed by atoms with Gasteiger partial charge in [0.15, 0.2) is 5.96 Å². The Hall–Kier alpha value is -1.24. The van der Waals surface area contributed by atoms with Crippen LogP contribution in [0.25, 0.3) is 0 Å². The molecule has 2 aromatic rings. The summed E-state index contributed by atoms with van der Waals surface area (Å²) in [7, 11) is 1.28. The van der Waals surface area contributed by atoms with Crippen LogP contribution in [0.1, 0.15) is 10.4 Å². The van der Waals surface area contributed by atoms with Gasteiger partial charge < -0.3 is 10.6 Å². The van der Waals surface area contributed by atoms with Crippen LogP contribution >= 0.6 is 35.3 Å². The summed E-state index contributed by atoms with van der Waals surface area (Å²) < 4.78 is 38.9. The molecule has 0 fully saturated rings. The van der Waals surface area contributed by atoms with E-state index in [1.54, 1.807) is 25.2 Å². The number of guanidine groups is 1. The molecule has 2 rings (SSSR count). The molecule has 0 radical (unpaired) electrons. The van der Waals surface area contributed by atoms with Crippen LogP contribution in [0.3, 0.4) is 0 Å². The van der Waals surface area contributed by atoms with Crippen molar-refractivity contribution >= 4 is 51.3 Å². The molecular formula is C17H24FIN4O2S2. The van der Waals surface area contributed by atoms with Crippen molar-refractivity contribution in [3.05, 3.63) is 52.7 Å². The minimum atomic E-state index is -3.40. The first-order chi connectivity index (χ1) is 12.3. The van der Waals surface area contributed by atoms with Gasteiger partial charge >= 0.3 is 0 Å². The number of hydrogen-bond acceptors (Lipinski definition) is 4. The van der Waals surface area contributed by atoms with Gasteiger partial charge in [0.25, 0.3) is 10.0 Å². The number of sulfonamides is 1. The fourth-order valence-corrected chi connectivity index (χ4v) is 4.65. The van der Waals surface area contributed by atoms with Gasteiger partial charge in [0.2, 0.25) is 0 Å². The molecule has 0 amide bonds. The zero-order chi connectivity index (χ0) is 19.2. The molecule has 0 atom stereocenters. The molecule has 0 saturated heterocycles. The number of hydrogen-bond donors (Lipinski definition) is 2.